The first-order valence-corrected chi connectivity index (χ1v) is 4.52. The molecule has 1 N–H and O–H groups in total. The van der Waals surface area contributed by atoms with Crippen LogP contribution >= 0.6 is 22.6 Å². The van der Waals surface area contributed by atoms with E-state index in [9.17, 15) is 4.79 Å². The minimum atomic E-state index is 0.642. The summed E-state index contributed by atoms with van der Waals surface area (Å²) in [4.78, 5) is 9.89. The Labute approximate surface area is 84.8 Å². The van der Waals surface area contributed by atoms with E-state index in [0.717, 1.165) is 5.56 Å². The fraction of sp³-hybridized carbons (Fsp3) is 0. The first-order chi connectivity index (χ1) is 5.83. The van der Waals surface area contributed by atoms with Gasteiger partial charge in [-0.1, -0.05) is 12.1 Å². The minimum Gasteiger partial charge on any atom is -0.335 e. The minimum absolute atomic E-state index is 0.642. The van der Waals surface area contributed by atoms with Crippen molar-refractivity contribution in [3.8, 4) is 0 Å². The SMILES string of the molecule is O=CN/C=C/c1ccc(I)cc1. The number of amides is 1. The van der Waals surface area contributed by atoms with Crippen molar-refractivity contribution in [3.05, 3.63) is 39.6 Å². The summed E-state index contributed by atoms with van der Waals surface area (Å²) in [6, 6.07) is 8.01. The van der Waals surface area contributed by atoms with Gasteiger partial charge in [0.2, 0.25) is 6.41 Å². The number of hydrogen-bond donors (Lipinski definition) is 1. The van der Waals surface area contributed by atoms with Gasteiger partial charge in [-0.15, -0.1) is 0 Å². The summed E-state index contributed by atoms with van der Waals surface area (Å²) in [6.45, 7) is 0. The lowest BCUT2D eigenvalue weighted by atomic mass is 10.2. The quantitative estimate of drug-likeness (QED) is 0.662. The molecule has 0 radical (unpaired) electrons. The average Bonchev–Trinajstić information content (AvgIpc) is 2.09. The maximum atomic E-state index is 9.89. The van der Waals surface area contributed by atoms with E-state index in [-0.39, 0.29) is 0 Å². The van der Waals surface area contributed by atoms with Gasteiger partial charge in [0.25, 0.3) is 0 Å². The van der Waals surface area contributed by atoms with Crippen molar-refractivity contribution in [2.75, 3.05) is 0 Å². The number of rotatable bonds is 3. The van der Waals surface area contributed by atoms with E-state index in [1.807, 2.05) is 30.3 Å². The van der Waals surface area contributed by atoms with Gasteiger partial charge in [-0.25, -0.2) is 0 Å². The van der Waals surface area contributed by atoms with Gasteiger partial charge in [-0.2, -0.15) is 0 Å². The molecule has 1 aromatic carbocycles. The lowest BCUT2D eigenvalue weighted by Crippen LogP contribution is -1.97. The molecule has 3 heteroatoms. The smallest absolute Gasteiger partial charge is 0.211 e. The molecule has 0 fully saturated rings. The summed E-state index contributed by atoms with van der Waals surface area (Å²) >= 11 is 2.25. The summed E-state index contributed by atoms with van der Waals surface area (Å²) in [5.74, 6) is 0. The highest BCUT2D eigenvalue weighted by Gasteiger charge is 1.85. The highest BCUT2D eigenvalue weighted by molar-refractivity contribution is 14.1. The Balaban J connectivity index is 2.64. The summed E-state index contributed by atoms with van der Waals surface area (Å²) in [6.07, 6.45) is 4.09. The molecule has 2 nitrogen and oxygen atoms in total. The van der Waals surface area contributed by atoms with Crippen LogP contribution in [0, 0.1) is 3.57 Å². The van der Waals surface area contributed by atoms with Crippen molar-refractivity contribution in [1.29, 1.82) is 0 Å². The molecule has 0 saturated carbocycles. The predicted molar refractivity (Wildman–Crippen MR) is 57.4 cm³/mol. The average molecular weight is 273 g/mol. The van der Waals surface area contributed by atoms with Crippen molar-refractivity contribution in [2.45, 2.75) is 0 Å². The highest BCUT2D eigenvalue weighted by Crippen LogP contribution is 2.07. The van der Waals surface area contributed by atoms with Gasteiger partial charge >= 0.3 is 0 Å². The molecule has 62 valence electrons. The van der Waals surface area contributed by atoms with E-state index in [4.69, 9.17) is 0 Å². The van der Waals surface area contributed by atoms with Crippen LogP contribution in [0.3, 0.4) is 0 Å². The number of halogens is 1. The van der Waals surface area contributed by atoms with Crippen molar-refractivity contribution >= 4 is 35.1 Å². The second-order valence-electron chi connectivity index (χ2n) is 2.17. The molecule has 0 unspecified atom stereocenters. The second kappa shape index (κ2) is 4.92. The fourth-order valence-electron chi connectivity index (χ4n) is 0.758. The molecule has 0 heterocycles. The number of carbonyl (C=O) groups is 1. The van der Waals surface area contributed by atoms with E-state index in [1.54, 1.807) is 6.20 Å². The van der Waals surface area contributed by atoms with E-state index >= 15 is 0 Å². The molecule has 0 aliphatic heterocycles. The van der Waals surface area contributed by atoms with Gasteiger partial charge in [0, 0.05) is 9.77 Å². The molecule has 1 aromatic rings. The van der Waals surface area contributed by atoms with Crippen LogP contribution in [0.15, 0.2) is 30.5 Å². The third kappa shape index (κ3) is 3.04. The van der Waals surface area contributed by atoms with Crippen LogP contribution in [0.25, 0.3) is 6.08 Å². The monoisotopic (exact) mass is 273 g/mol. The Morgan fingerprint density at radius 1 is 1.25 bits per heavy atom. The lowest BCUT2D eigenvalue weighted by molar-refractivity contribution is -0.108. The molecule has 12 heavy (non-hydrogen) atoms. The van der Waals surface area contributed by atoms with E-state index in [2.05, 4.69) is 27.9 Å². The Morgan fingerprint density at radius 3 is 2.50 bits per heavy atom. The van der Waals surface area contributed by atoms with Gasteiger partial charge in [-0.05, 0) is 46.4 Å². The summed E-state index contributed by atoms with van der Waals surface area (Å²) in [5, 5.41) is 2.45. The molecular formula is C9H8INO. The van der Waals surface area contributed by atoms with Gasteiger partial charge in [0.1, 0.15) is 0 Å². The summed E-state index contributed by atoms with van der Waals surface area (Å²) < 4.78 is 1.20. The Kier molecular flexibility index (Phi) is 3.79. The van der Waals surface area contributed by atoms with Gasteiger partial charge in [0.15, 0.2) is 0 Å². The maximum absolute atomic E-state index is 9.89. The Morgan fingerprint density at radius 2 is 1.92 bits per heavy atom. The molecule has 0 bridgehead atoms. The molecular weight excluding hydrogens is 265 g/mol. The number of benzene rings is 1. The van der Waals surface area contributed by atoms with Crippen LogP contribution in [0.1, 0.15) is 5.56 Å². The first-order valence-electron chi connectivity index (χ1n) is 3.45. The lowest BCUT2D eigenvalue weighted by Gasteiger charge is -1.92. The molecule has 0 aromatic heterocycles. The van der Waals surface area contributed by atoms with Crippen LogP contribution in [0.5, 0.6) is 0 Å². The third-order valence-corrected chi connectivity index (χ3v) is 2.03. The Bertz CT molecular complexity index is 279. The van der Waals surface area contributed by atoms with Crippen molar-refractivity contribution in [1.82, 2.24) is 5.32 Å². The van der Waals surface area contributed by atoms with E-state index < -0.39 is 0 Å². The zero-order valence-corrected chi connectivity index (χ0v) is 8.49. The molecule has 0 saturated heterocycles. The number of hydrogen-bond acceptors (Lipinski definition) is 1. The van der Waals surface area contributed by atoms with Crippen LogP contribution < -0.4 is 5.32 Å². The number of nitrogens with one attached hydrogen (secondary N) is 1. The molecule has 0 spiro atoms. The fourth-order valence-corrected chi connectivity index (χ4v) is 1.12. The zero-order chi connectivity index (χ0) is 8.81. The first kappa shape index (κ1) is 9.25. The standard InChI is InChI=1S/C9H8INO/c10-9-3-1-8(2-4-9)5-6-11-7-12/h1-7H,(H,11,12)/b6-5+. The Hall–Kier alpha value is -0.840. The normalized spacial score (nSPS) is 10.1. The molecule has 0 atom stereocenters. The van der Waals surface area contributed by atoms with Crippen LogP contribution in [-0.2, 0) is 4.79 Å². The van der Waals surface area contributed by atoms with Gasteiger partial charge in [-0.3, -0.25) is 4.79 Å². The van der Waals surface area contributed by atoms with Crippen LogP contribution in [0.2, 0.25) is 0 Å². The highest BCUT2D eigenvalue weighted by atomic mass is 127. The van der Waals surface area contributed by atoms with Gasteiger partial charge < -0.3 is 5.32 Å². The van der Waals surface area contributed by atoms with Crippen molar-refractivity contribution in [2.24, 2.45) is 0 Å². The molecule has 1 amide bonds. The largest absolute Gasteiger partial charge is 0.335 e. The van der Waals surface area contributed by atoms with E-state index in [1.165, 1.54) is 3.57 Å². The molecule has 0 aliphatic carbocycles. The predicted octanol–water partition coefficient (Wildman–Crippen LogP) is 2.01. The van der Waals surface area contributed by atoms with Crippen LogP contribution in [0.4, 0.5) is 0 Å². The van der Waals surface area contributed by atoms with Crippen LogP contribution in [-0.4, -0.2) is 6.41 Å². The summed E-state index contributed by atoms with van der Waals surface area (Å²) in [5.41, 5.74) is 1.07. The van der Waals surface area contributed by atoms with Gasteiger partial charge in [0.05, 0.1) is 0 Å². The maximum Gasteiger partial charge on any atom is 0.211 e. The third-order valence-electron chi connectivity index (χ3n) is 1.31. The molecule has 0 aliphatic rings. The molecule has 1 rings (SSSR count). The van der Waals surface area contributed by atoms with Crippen molar-refractivity contribution < 1.29 is 4.79 Å². The zero-order valence-electron chi connectivity index (χ0n) is 6.33. The summed E-state index contributed by atoms with van der Waals surface area (Å²) in [7, 11) is 0. The second-order valence-corrected chi connectivity index (χ2v) is 3.42. The topological polar surface area (TPSA) is 29.1 Å². The van der Waals surface area contributed by atoms with Crippen molar-refractivity contribution in [3.63, 3.8) is 0 Å². The van der Waals surface area contributed by atoms with E-state index in [0.29, 0.717) is 6.41 Å². The number of carbonyl (C=O) groups excluding carboxylic acids is 1.